The van der Waals surface area contributed by atoms with E-state index in [1.165, 1.54) is 5.56 Å². The van der Waals surface area contributed by atoms with E-state index >= 15 is 0 Å². The third-order valence-corrected chi connectivity index (χ3v) is 5.25. The maximum atomic E-state index is 13.4. The summed E-state index contributed by atoms with van der Waals surface area (Å²) in [6, 6.07) is 21.9. The highest BCUT2D eigenvalue weighted by Gasteiger charge is 2.11. The topological polar surface area (TPSA) is 34.9 Å². The third-order valence-electron chi connectivity index (χ3n) is 4.58. The molecule has 28 heavy (non-hydrogen) atoms. The number of hydrogen-bond acceptors (Lipinski definition) is 2. The van der Waals surface area contributed by atoms with E-state index in [2.05, 4.69) is 41.6 Å². The third kappa shape index (κ3) is 3.78. The predicted octanol–water partition coefficient (Wildman–Crippen LogP) is 5.78. The molecule has 0 bridgehead atoms. The van der Waals surface area contributed by atoms with Gasteiger partial charge in [0.05, 0.1) is 16.6 Å². The van der Waals surface area contributed by atoms with Crippen LogP contribution in [0, 0.1) is 17.4 Å². The van der Waals surface area contributed by atoms with Crippen LogP contribution in [0.4, 0.5) is 0 Å². The summed E-state index contributed by atoms with van der Waals surface area (Å²) in [7, 11) is 0. The van der Waals surface area contributed by atoms with E-state index in [9.17, 15) is 4.79 Å². The van der Waals surface area contributed by atoms with E-state index in [0.29, 0.717) is 16.7 Å². The Hall–Kier alpha value is -2.73. The molecular formula is C24H19IN2O. The molecule has 4 heteroatoms. The highest BCUT2D eigenvalue weighted by atomic mass is 127. The van der Waals surface area contributed by atoms with Crippen molar-refractivity contribution < 1.29 is 0 Å². The smallest absolute Gasteiger partial charge is 0.266 e. The summed E-state index contributed by atoms with van der Waals surface area (Å²) in [6.07, 6.45) is 3.91. The molecule has 0 aliphatic carbocycles. The number of halogens is 1. The van der Waals surface area contributed by atoms with Crippen LogP contribution in [0.3, 0.4) is 0 Å². The van der Waals surface area contributed by atoms with Gasteiger partial charge in [-0.15, -0.1) is 0 Å². The average molecular weight is 478 g/mol. The van der Waals surface area contributed by atoms with Gasteiger partial charge in [-0.1, -0.05) is 48.0 Å². The van der Waals surface area contributed by atoms with Gasteiger partial charge in [-0.25, -0.2) is 4.98 Å². The number of benzene rings is 3. The molecule has 0 saturated heterocycles. The van der Waals surface area contributed by atoms with Gasteiger partial charge < -0.3 is 0 Å². The summed E-state index contributed by atoms with van der Waals surface area (Å²) in [5.41, 5.74) is 4.84. The van der Waals surface area contributed by atoms with Crippen molar-refractivity contribution in [1.82, 2.24) is 9.55 Å². The van der Waals surface area contributed by atoms with Crippen molar-refractivity contribution in [2.75, 3.05) is 0 Å². The van der Waals surface area contributed by atoms with Gasteiger partial charge in [0.25, 0.3) is 5.56 Å². The lowest BCUT2D eigenvalue weighted by molar-refractivity contribution is 0.942. The summed E-state index contributed by atoms with van der Waals surface area (Å²) in [4.78, 5) is 18.2. The van der Waals surface area contributed by atoms with E-state index in [4.69, 9.17) is 4.98 Å². The summed E-state index contributed by atoms with van der Waals surface area (Å²) in [5.74, 6) is 0.616. The zero-order valence-corrected chi connectivity index (χ0v) is 17.8. The molecule has 138 valence electrons. The molecular weight excluding hydrogens is 459 g/mol. The van der Waals surface area contributed by atoms with Crippen LogP contribution in [0.1, 0.15) is 22.5 Å². The summed E-state index contributed by atoms with van der Waals surface area (Å²) in [6.45, 7) is 4.09. The lowest BCUT2D eigenvalue weighted by atomic mass is 10.1. The zero-order valence-electron chi connectivity index (χ0n) is 15.7. The van der Waals surface area contributed by atoms with Crippen LogP contribution in [-0.4, -0.2) is 9.55 Å². The molecule has 0 fully saturated rings. The molecule has 0 atom stereocenters. The molecule has 0 N–H and O–H groups in total. The molecule has 3 nitrogen and oxygen atoms in total. The molecule has 0 unspecified atom stereocenters. The largest absolute Gasteiger partial charge is 0.268 e. The monoisotopic (exact) mass is 478 g/mol. The van der Waals surface area contributed by atoms with Crippen LogP contribution < -0.4 is 5.56 Å². The quantitative estimate of drug-likeness (QED) is 0.350. The van der Waals surface area contributed by atoms with Gasteiger partial charge in [-0.2, -0.15) is 0 Å². The lowest BCUT2D eigenvalue weighted by Crippen LogP contribution is -2.22. The number of hydrogen-bond donors (Lipinski definition) is 0. The van der Waals surface area contributed by atoms with Crippen molar-refractivity contribution in [2.24, 2.45) is 0 Å². The highest BCUT2D eigenvalue weighted by Crippen LogP contribution is 2.18. The Morgan fingerprint density at radius 2 is 1.64 bits per heavy atom. The van der Waals surface area contributed by atoms with E-state index < -0.39 is 0 Å². The van der Waals surface area contributed by atoms with Gasteiger partial charge in [0.2, 0.25) is 0 Å². The Kier molecular flexibility index (Phi) is 5.13. The van der Waals surface area contributed by atoms with Crippen LogP contribution in [0.25, 0.3) is 28.7 Å². The fourth-order valence-electron chi connectivity index (χ4n) is 3.25. The number of fused-ring (bicyclic) bond motifs is 1. The minimum atomic E-state index is -0.0574. The van der Waals surface area contributed by atoms with Gasteiger partial charge in [0.15, 0.2) is 0 Å². The van der Waals surface area contributed by atoms with Crippen LogP contribution in [0.2, 0.25) is 0 Å². The summed E-state index contributed by atoms with van der Waals surface area (Å²) in [5, 5.41) is 0.626. The first kappa shape index (κ1) is 18.6. The molecule has 0 radical (unpaired) electrons. The van der Waals surface area contributed by atoms with Gasteiger partial charge in [0, 0.05) is 3.57 Å². The van der Waals surface area contributed by atoms with Crippen molar-refractivity contribution in [3.8, 4) is 5.69 Å². The van der Waals surface area contributed by atoms with Crippen molar-refractivity contribution in [3.05, 3.63) is 103 Å². The molecule has 0 aliphatic heterocycles. The first-order valence-electron chi connectivity index (χ1n) is 9.05. The number of aryl methyl sites for hydroxylation is 2. The molecule has 1 heterocycles. The van der Waals surface area contributed by atoms with E-state index in [0.717, 1.165) is 20.4 Å². The Balaban J connectivity index is 1.97. The summed E-state index contributed by atoms with van der Waals surface area (Å²) < 4.78 is 2.71. The van der Waals surface area contributed by atoms with Crippen LogP contribution >= 0.6 is 22.6 Å². The second-order valence-corrected chi connectivity index (χ2v) is 8.10. The van der Waals surface area contributed by atoms with Crippen LogP contribution in [-0.2, 0) is 0 Å². The minimum absolute atomic E-state index is 0.0574. The Morgan fingerprint density at radius 1 is 0.893 bits per heavy atom. The average Bonchev–Trinajstić information content (AvgIpc) is 2.67. The van der Waals surface area contributed by atoms with Crippen LogP contribution in [0.15, 0.2) is 71.5 Å². The SMILES string of the molecule is Cc1cccc(C=Cc2nc3ccc(I)cc3c(=O)n2-c2cccc(C)c2)c1. The molecule has 4 aromatic rings. The minimum Gasteiger partial charge on any atom is -0.268 e. The van der Waals surface area contributed by atoms with Gasteiger partial charge in [0.1, 0.15) is 5.82 Å². The van der Waals surface area contributed by atoms with Gasteiger partial charge in [-0.3, -0.25) is 9.36 Å². The van der Waals surface area contributed by atoms with Gasteiger partial charge in [-0.05, 0) is 84.0 Å². The first-order chi connectivity index (χ1) is 13.5. The molecule has 0 spiro atoms. The predicted molar refractivity (Wildman–Crippen MR) is 125 cm³/mol. The Morgan fingerprint density at radius 3 is 2.39 bits per heavy atom. The highest BCUT2D eigenvalue weighted by molar-refractivity contribution is 14.1. The molecule has 0 amide bonds. The molecule has 1 aromatic heterocycles. The second kappa shape index (κ2) is 7.72. The first-order valence-corrected chi connectivity index (χ1v) is 10.1. The lowest BCUT2D eigenvalue weighted by Gasteiger charge is -2.12. The summed E-state index contributed by atoms with van der Waals surface area (Å²) >= 11 is 2.22. The maximum Gasteiger partial charge on any atom is 0.266 e. The Bertz CT molecular complexity index is 1270. The second-order valence-electron chi connectivity index (χ2n) is 6.86. The number of rotatable bonds is 3. The molecule has 0 saturated carbocycles. The van der Waals surface area contributed by atoms with Crippen molar-refractivity contribution >= 4 is 45.6 Å². The van der Waals surface area contributed by atoms with E-state index in [1.54, 1.807) is 4.57 Å². The number of aromatic nitrogens is 2. The van der Waals surface area contributed by atoms with Crippen LogP contribution in [0.5, 0.6) is 0 Å². The fourth-order valence-corrected chi connectivity index (χ4v) is 3.74. The number of nitrogens with zero attached hydrogens (tertiary/aromatic N) is 2. The van der Waals surface area contributed by atoms with Crippen molar-refractivity contribution in [3.63, 3.8) is 0 Å². The molecule has 4 rings (SSSR count). The fraction of sp³-hybridized carbons (Fsp3) is 0.0833. The maximum absolute atomic E-state index is 13.4. The zero-order chi connectivity index (χ0) is 19.7. The standard InChI is InChI=1S/C24H19IN2O/c1-16-5-3-7-18(13-16)9-12-23-26-22-11-10-19(25)15-21(22)24(28)27(23)20-8-4-6-17(2)14-20/h3-15H,1-2H3. The Labute approximate surface area is 177 Å². The normalized spacial score (nSPS) is 11.4. The van der Waals surface area contributed by atoms with Crippen molar-refractivity contribution in [2.45, 2.75) is 13.8 Å². The van der Waals surface area contributed by atoms with E-state index in [-0.39, 0.29) is 5.56 Å². The van der Waals surface area contributed by atoms with Crippen molar-refractivity contribution in [1.29, 1.82) is 0 Å². The molecule has 3 aromatic carbocycles. The molecule has 0 aliphatic rings. The van der Waals surface area contributed by atoms with E-state index in [1.807, 2.05) is 73.7 Å². The van der Waals surface area contributed by atoms with Gasteiger partial charge >= 0.3 is 0 Å².